The Morgan fingerprint density at radius 3 is 2.48 bits per heavy atom. The summed E-state index contributed by atoms with van der Waals surface area (Å²) in [6, 6.07) is 10.9. The van der Waals surface area contributed by atoms with Gasteiger partial charge in [0.1, 0.15) is 23.2 Å². The number of esters is 1. The molecular formula is C31H42BrNO9. The molecule has 1 aliphatic rings. The van der Waals surface area contributed by atoms with Crippen molar-refractivity contribution in [3.63, 3.8) is 0 Å². The number of aryl methyl sites for hydroxylation is 1. The highest BCUT2D eigenvalue weighted by Gasteiger charge is 2.53. The van der Waals surface area contributed by atoms with Crippen molar-refractivity contribution in [1.82, 2.24) is 4.90 Å². The highest BCUT2D eigenvalue weighted by molar-refractivity contribution is 9.10. The van der Waals surface area contributed by atoms with Gasteiger partial charge in [-0.2, -0.15) is 0 Å². The number of halogens is 1. The minimum absolute atomic E-state index is 0.0514. The first-order valence-corrected chi connectivity index (χ1v) is 15.0. The van der Waals surface area contributed by atoms with E-state index in [0.717, 1.165) is 10.5 Å². The summed E-state index contributed by atoms with van der Waals surface area (Å²) in [6.45, 7) is 11.1. The van der Waals surface area contributed by atoms with Crippen LogP contribution in [-0.2, 0) is 41.6 Å². The monoisotopic (exact) mass is 651 g/mol. The number of carbonyl (C=O) groups excluding carboxylic acids is 3. The smallest absolute Gasteiger partial charge is 0.417 e. The fourth-order valence-electron chi connectivity index (χ4n) is 5.25. The Morgan fingerprint density at radius 2 is 1.86 bits per heavy atom. The number of aliphatic hydroxyl groups excluding tert-OH is 1. The number of furan rings is 1. The Balaban J connectivity index is 1.60. The Hall–Kier alpha value is -2.73. The molecule has 0 bridgehead atoms. The predicted octanol–water partition coefficient (Wildman–Crippen LogP) is 5.59. The summed E-state index contributed by atoms with van der Waals surface area (Å²) in [7, 11) is 0. The molecule has 232 valence electrons. The molecule has 0 spiro atoms. The number of ether oxygens (including phenoxy) is 4. The number of hydrogen-bond acceptors (Lipinski definition) is 9. The first-order chi connectivity index (χ1) is 19.9. The molecule has 1 aliphatic heterocycles. The molecule has 0 saturated carbocycles. The van der Waals surface area contributed by atoms with Crippen LogP contribution >= 0.6 is 15.9 Å². The molecule has 2 amide bonds. The number of benzene rings is 1. The maximum atomic E-state index is 13.6. The van der Waals surface area contributed by atoms with E-state index in [4.69, 9.17) is 23.4 Å². The molecule has 3 rings (SSSR count). The molecule has 0 radical (unpaired) electrons. The second-order valence-corrected chi connectivity index (χ2v) is 12.2. The van der Waals surface area contributed by atoms with Crippen LogP contribution in [0.4, 0.5) is 4.79 Å². The summed E-state index contributed by atoms with van der Waals surface area (Å²) in [6.07, 6.45) is -1.09. The van der Waals surface area contributed by atoms with Gasteiger partial charge in [-0.3, -0.25) is 9.59 Å². The molecule has 0 unspecified atom stereocenters. The van der Waals surface area contributed by atoms with E-state index < -0.39 is 47.7 Å². The number of rotatable bonds is 15. The third-order valence-corrected chi connectivity index (χ3v) is 7.80. The molecule has 1 N–H and O–H groups in total. The van der Waals surface area contributed by atoms with Crippen LogP contribution in [0.15, 0.2) is 45.3 Å². The molecule has 1 fully saturated rings. The summed E-state index contributed by atoms with van der Waals surface area (Å²) in [5.74, 6) is -1.17. The molecule has 2 aromatic rings. The van der Waals surface area contributed by atoms with E-state index in [2.05, 4.69) is 15.9 Å². The SMILES string of the molecule is CC(=O)O[C@H](c1cc(Br)c(CCCOC[C@@H](CO)OCc2ccccc2)o1)[C@H](C)C(=O)N1C(=O)OC(C)(C)[C@@H]1C(C)C. The van der Waals surface area contributed by atoms with Crippen LogP contribution < -0.4 is 0 Å². The largest absolute Gasteiger partial charge is 0.461 e. The molecular weight excluding hydrogens is 610 g/mol. The minimum Gasteiger partial charge on any atom is -0.461 e. The maximum absolute atomic E-state index is 13.6. The predicted molar refractivity (Wildman–Crippen MR) is 157 cm³/mol. The third kappa shape index (κ3) is 8.65. The molecule has 1 aromatic heterocycles. The van der Waals surface area contributed by atoms with Crippen molar-refractivity contribution in [2.75, 3.05) is 19.8 Å². The van der Waals surface area contributed by atoms with Gasteiger partial charge < -0.3 is 28.5 Å². The zero-order valence-corrected chi connectivity index (χ0v) is 26.7. The highest BCUT2D eigenvalue weighted by Crippen LogP contribution is 2.39. The maximum Gasteiger partial charge on any atom is 0.417 e. The number of cyclic esters (lactones) is 1. The molecule has 4 atom stereocenters. The zero-order chi connectivity index (χ0) is 31.0. The van der Waals surface area contributed by atoms with Gasteiger partial charge in [-0.15, -0.1) is 0 Å². The summed E-state index contributed by atoms with van der Waals surface area (Å²) in [5, 5.41) is 9.61. The van der Waals surface area contributed by atoms with E-state index in [1.165, 1.54) is 6.92 Å². The van der Waals surface area contributed by atoms with Crippen LogP contribution in [0.1, 0.15) is 71.2 Å². The topological polar surface area (TPSA) is 125 Å². The van der Waals surface area contributed by atoms with Crippen molar-refractivity contribution in [2.45, 2.75) is 84.8 Å². The van der Waals surface area contributed by atoms with Crippen molar-refractivity contribution in [2.24, 2.45) is 11.8 Å². The van der Waals surface area contributed by atoms with Crippen molar-refractivity contribution < 1.29 is 42.9 Å². The van der Waals surface area contributed by atoms with E-state index >= 15 is 0 Å². The van der Waals surface area contributed by atoms with Crippen LogP contribution in [0.25, 0.3) is 0 Å². The molecule has 10 nitrogen and oxygen atoms in total. The van der Waals surface area contributed by atoms with Gasteiger partial charge in [0, 0.05) is 20.0 Å². The highest BCUT2D eigenvalue weighted by atomic mass is 79.9. The molecule has 2 heterocycles. The molecule has 1 saturated heterocycles. The normalized spacial score (nSPS) is 18.5. The first-order valence-electron chi connectivity index (χ1n) is 14.2. The minimum atomic E-state index is -1.05. The van der Waals surface area contributed by atoms with Gasteiger partial charge in [-0.1, -0.05) is 44.2 Å². The molecule has 0 aliphatic carbocycles. The molecule has 42 heavy (non-hydrogen) atoms. The fraction of sp³-hybridized carbons (Fsp3) is 0.581. The molecule has 11 heteroatoms. The zero-order valence-electron chi connectivity index (χ0n) is 25.1. The van der Waals surface area contributed by atoms with Crippen molar-refractivity contribution in [1.29, 1.82) is 0 Å². The van der Waals surface area contributed by atoms with E-state index in [1.54, 1.807) is 26.8 Å². The number of hydrogen-bond donors (Lipinski definition) is 1. The van der Waals surface area contributed by atoms with E-state index in [0.29, 0.717) is 36.3 Å². The number of amides is 2. The first kappa shape index (κ1) is 33.8. The summed E-state index contributed by atoms with van der Waals surface area (Å²) < 4.78 is 29.2. The lowest BCUT2D eigenvalue weighted by molar-refractivity contribution is -0.155. The van der Waals surface area contributed by atoms with Gasteiger partial charge in [0.15, 0.2) is 6.10 Å². The van der Waals surface area contributed by atoms with Gasteiger partial charge in [-0.05, 0) is 60.7 Å². The van der Waals surface area contributed by atoms with Gasteiger partial charge >= 0.3 is 12.1 Å². The summed E-state index contributed by atoms with van der Waals surface area (Å²) >= 11 is 3.51. The lowest BCUT2D eigenvalue weighted by atomic mass is 9.88. The van der Waals surface area contributed by atoms with Crippen LogP contribution in [0.5, 0.6) is 0 Å². The van der Waals surface area contributed by atoms with Crippen molar-refractivity contribution in [3.8, 4) is 0 Å². The average molecular weight is 653 g/mol. The standard InChI is InChI=1S/C31H42BrNO9/c1-19(2)28-31(5,6)42-30(37)33(28)29(36)20(3)27(40-21(4)35)26-15-24(32)25(41-26)13-10-14-38-18-23(16-34)39-17-22-11-8-7-9-12-22/h7-9,11-12,15,19-20,23,27-28,34H,10,13-14,16-18H2,1-6H3/t20-,23+,27-,28-/m0/s1. The Labute approximate surface area is 255 Å². The van der Waals surface area contributed by atoms with Crippen LogP contribution in [0, 0.1) is 11.8 Å². The van der Waals surface area contributed by atoms with E-state index in [1.807, 2.05) is 44.2 Å². The van der Waals surface area contributed by atoms with E-state index in [-0.39, 0.29) is 24.9 Å². The van der Waals surface area contributed by atoms with Gasteiger partial charge in [0.2, 0.25) is 5.91 Å². The lowest BCUT2D eigenvalue weighted by Gasteiger charge is -2.33. The average Bonchev–Trinajstić information content (AvgIpc) is 3.42. The third-order valence-electron chi connectivity index (χ3n) is 7.13. The summed E-state index contributed by atoms with van der Waals surface area (Å²) in [4.78, 5) is 39.5. The quantitative estimate of drug-likeness (QED) is 0.194. The summed E-state index contributed by atoms with van der Waals surface area (Å²) in [5.41, 5.74) is 0.160. The van der Waals surface area contributed by atoms with E-state index in [9.17, 15) is 19.5 Å². The fourth-order valence-corrected chi connectivity index (χ4v) is 5.75. The van der Waals surface area contributed by atoms with Gasteiger partial charge in [-0.25, -0.2) is 9.69 Å². The van der Waals surface area contributed by atoms with Crippen molar-refractivity contribution >= 4 is 33.9 Å². The van der Waals surface area contributed by atoms with Gasteiger partial charge in [0.05, 0.1) is 36.3 Å². The second kappa shape index (κ2) is 15.1. The van der Waals surface area contributed by atoms with Crippen LogP contribution in [0.2, 0.25) is 0 Å². The lowest BCUT2D eigenvalue weighted by Crippen LogP contribution is -2.50. The number of carbonyl (C=O) groups is 3. The Bertz CT molecular complexity index is 1200. The number of imide groups is 1. The van der Waals surface area contributed by atoms with Crippen LogP contribution in [-0.4, -0.2) is 65.5 Å². The number of nitrogens with zero attached hydrogens (tertiary/aromatic N) is 1. The van der Waals surface area contributed by atoms with Crippen molar-refractivity contribution in [3.05, 3.63) is 58.0 Å². The van der Waals surface area contributed by atoms with Crippen LogP contribution in [0.3, 0.4) is 0 Å². The number of aliphatic hydroxyl groups is 1. The second-order valence-electron chi connectivity index (χ2n) is 11.4. The Morgan fingerprint density at radius 1 is 1.17 bits per heavy atom. The van der Waals surface area contributed by atoms with Gasteiger partial charge in [0.25, 0.3) is 0 Å². The molecule has 1 aromatic carbocycles. The Kier molecular flexibility index (Phi) is 12.2.